The molecule has 0 saturated carbocycles. The zero-order valence-corrected chi connectivity index (χ0v) is 28.0. The van der Waals surface area contributed by atoms with E-state index in [9.17, 15) is 0 Å². The first kappa shape index (κ1) is 28.7. The van der Waals surface area contributed by atoms with Crippen molar-refractivity contribution in [3.8, 4) is 39.9 Å². The van der Waals surface area contributed by atoms with Gasteiger partial charge in [0.15, 0.2) is 17.5 Å². The zero-order valence-electron chi connectivity index (χ0n) is 28.0. The molecule has 0 bridgehead atoms. The van der Waals surface area contributed by atoms with Crippen LogP contribution in [-0.4, -0.2) is 23.9 Å². The molecule has 0 aliphatic rings. The molecule has 0 saturated heterocycles. The molecule has 0 unspecified atom stereocenters. The van der Waals surface area contributed by atoms with Gasteiger partial charge in [-0.15, -0.1) is 0 Å². The minimum atomic E-state index is 0.642. The maximum atomic E-state index is 4.96. The van der Waals surface area contributed by atoms with Gasteiger partial charge in [-0.1, -0.05) is 121 Å². The van der Waals surface area contributed by atoms with Crippen LogP contribution in [0.3, 0.4) is 0 Å². The first-order valence-corrected chi connectivity index (χ1v) is 17.5. The Morgan fingerprint density at radius 2 is 0.769 bits per heavy atom. The number of nitrogens with zero attached hydrogens (tertiary/aromatic N) is 5. The van der Waals surface area contributed by atoms with Crippen molar-refractivity contribution < 1.29 is 0 Å². The van der Waals surface area contributed by atoms with Crippen LogP contribution in [-0.2, 0) is 0 Å². The van der Waals surface area contributed by atoms with Gasteiger partial charge in [0.1, 0.15) is 0 Å². The zero-order chi connectivity index (χ0) is 34.2. The van der Waals surface area contributed by atoms with Crippen LogP contribution < -0.4 is 0 Å². The molecule has 0 N–H and O–H groups in total. The van der Waals surface area contributed by atoms with Gasteiger partial charge in [0, 0.05) is 49.3 Å². The third kappa shape index (κ3) is 4.26. The topological polar surface area (TPSA) is 48.0 Å². The summed E-state index contributed by atoms with van der Waals surface area (Å²) >= 11 is 0. The monoisotopic (exact) mass is 663 g/mol. The lowest BCUT2D eigenvalue weighted by Gasteiger charge is -2.11. The molecule has 0 radical (unpaired) electrons. The summed E-state index contributed by atoms with van der Waals surface area (Å²) in [6.07, 6.45) is 0. The molecule has 0 amide bonds. The van der Waals surface area contributed by atoms with E-state index in [4.69, 9.17) is 15.0 Å². The van der Waals surface area contributed by atoms with Gasteiger partial charge in [-0.3, -0.25) is 0 Å². The maximum absolute atomic E-state index is 4.96. The van der Waals surface area contributed by atoms with Crippen molar-refractivity contribution in [3.05, 3.63) is 176 Å². The second-order valence-electron chi connectivity index (χ2n) is 13.3. The second kappa shape index (κ2) is 11.2. The molecule has 5 heteroatoms. The summed E-state index contributed by atoms with van der Waals surface area (Å²) in [6.45, 7) is 0. The molecule has 0 fully saturated rings. The number of hydrogen-bond acceptors (Lipinski definition) is 3. The highest BCUT2D eigenvalue weighted by Gasteiger charge is 2.19. The molecule has 0 aliphatic carbocycles. The third-order valence-electron chi connectivity index (χ3n) is 10.3. The lowest BCUT2D eigenvalue weighted by molar-refractivity contribution is 1.07. The number of benzene rings is 7. The van der Waals surface area contributed by atoms with Gasteiger partial charge in [0.25, 0.3) is 0 Å². The lowest BCUT2D eigenvalue weighted by atomic mass is 10.0. The van der Waals surface area contributed by atoms with E-state index < -0.39 is 0 Å². The molecule has 0 atom stereocenters. The highest BCUT2D eigenvalue weighted by Crippen LogP contribution is 2.41. The van der Waals surface area contributed by atoms with Crippen molar-refractivity contribution in [2.24, 2.45) is 0 Å². The molecule has 242 valence electrons. The van der Waals surface area contributed by atoms with E-state index in [0.717, 1.165) is 22.4 Å². The Morgan fingerprint density at radius 1 is 0.308 bits per heavy atom. The highest BCUT2D eigenvalue weighted by molar-refractivity contribution is 6.24. The molecule has 7 aromatic carbocycles. The molecule has 11 rings (SSSR count). The largest absolute Gasteiger partial charge is 0.309 e. The van der Waals surface area contributed by atoms with Gasteiger partial charge in [-0.2, -0.15) is 0 Å². The SMILES string of the molecule is c1ccc(-c2nc(-c3ccccc3)nc(-c3ccc(-n4c5ccccc5c5c6cc7c8ccccc8c8ccccc8n7c6ccc54)cc3)n2)cc1. The van der Waals surface area contributed by atoms with Crippen molar-refractivity contribution in [2.45, 2.75) is 0 Å². The van der Waals surface area contributed by atoms with Crippen LogP contribution >= 0.6 is 0 Å². The van der Waals surface area contributed by atoms with E-state index in [2.05, 4.69) is 124 Å². The Hall–Kier alpha value is -7.11. The molecule has 4 heterocycles. The predicted octanol–water partition coefficient (Wildman–Crippen LogP) is 11.7. The van der Waals surface area contributed by atoms with Gasteiger partial charge in [-0.05, 0) is 60.0 Å². The van der Waals surface area contributed by atoms with Crippen molar-refractivity contribution in [1.29, 1.82) is 0 Å². The van der Waals surface area contributed by atoms with E-state index in [1.807, 2.05) is 60.7 Å². The molecule has 5 nitrogen and oxygen atoms in total. The number of rotatable bonds is 4. The minimum absolute atomic E-state index is 0.642. The summed E-state index contributed by atoms with van der Waals surface area (Å²) in [5.41, 5.74) is 9.90. The average Bonchev–Trinajstić information content (AvgIpc) is 3.78. The fraction of sp³-hybridized carbons (Fsp3) is 0. The summed E-state index contributed by atoms with van der Waals surface area (Å²) in [6, 6.07) is 62.0. The molecular formula is C47H29N5. The van der Waals surface area contributed by atoms with E-state index in [-0.39, 0.29) is 0 Å². The normalized spacial score (nSPS) is 11.8. The first-order valence-electron chi connectivity index (χ1n) is 17.5. The standard InChI is InChI=1S/C47H29N5/c1-3-13-30(14-4-1)45-48-46(31-15-5-2-6-16-31)50-47(49-45)32-23-25-33(26-24-32)51-40-22-12-10-20-37(40)44-38-29-43-36-19-8-7-17-34(36)35-18-9-11-21-39(35)52(43)41(38)27-28-42(44)51/h1-29H. The number of pyridine rings is 1. The van der Waals surface area contributed by atoms with Crippen LogP contribution in [0, 0.1) is 0 Å². The fourth-order valence-electron chi connectivity index (χ4n) is 8.02. The van der Waals surface area contributed by atoms with Crippen molar-refractivity contribution in [3.63, 3.8) is 0 Å². The van der Waals surface area contributed by atoms with Crippen LogP contribution in [0.5, 0.6) is 0 Å². The summed E-state index contributed by atoms with van der Waals surface area (Å²) < 4.78 is 4.82. The second-order valence-corrected chi connectivity index (χ2v) is 13.3. The van der Waals surface area contributed by atoms with Crippen molar-refractivity contribution in [1.82, 2.24) is 23.9 Å². The Balaban J connectivity index is 1.11. The Morgan fingerprint density at radius 3 is 1.40 bits per heavy atom. The first-order chi connectivity index (χ1) is 25.8. The third-order valence-corrected chi connectivity index (χ3v) is 10.3. The number of para-hydroxylation sites is 2. The number of hydrogen-bond donors (Lipinski definition) is 0. The van der Waals surface area contributed by atoms with Crippen LogP contribution in [0.15, 0.2) is 176 Å². The summed E-state index contributed by atoms with van der Waals surface area (Å²) in [5, 5.41) is 7.53. The Kier molecular flexibility index (Phi) is 6.18. The summed E-state index contributed by atoms with van der Waals surface area (Å²) in [4.78, 5) is 14.8. The van der Waals surface area contributed by atoms with E-state index in [1.54, 1.807) is 0 Å². The highest BCUT2D eigenvalue weighted by atomic mass is 15.0. The van der Waals surface area contributed by atoms with Crippen LogP contribution in [0.2, 0.25) is 0 Å². The maximum Gasteiger partial charge on any atom is 0.164 e. The van der Waals surface area contributed by atoms with Gasteiger partial charge in [0.05, 0.1) is 27.6 Å². The summed E-state index contributed by atoms with van der Waals surface area (Å²) in [7, 11) is 0. The Labute approximate surface area is 298 Å². The molecule has 11 aromatic rings. The summed E-state index contributed by atoms with van der Waals surface area (Å²) in [5.74, 6) is 1.95. The predicted molar refractivity (Wildman–Crippen MR) is 214 cm³/mol. The number of fused-ring (bicyclic) bond motifs is 12. The van der Waals surface area contributed by atoms with Gasteiger partial charge in [-0.25, -0.2) is 15.0 Å². The fourth-order valence-corrected chi connectivity index (χ4v) is 8.02. The van der Waals surface area contributed by atoms with Gasteiger partial charge < -0.3 is 8.97 Å². The average molecular weight is 664 g/mol. The minimum Gasteiger partial charge on any atom is -0.309 e. The van der Waals surface area contributed by atoms with Crippen LogP contribution in [0.25, 0.3) is 99.8 Å². The van der Waals surface area contributed by atoms with Crippen molar-refractivity contribution >= 4 is 59.9 Å². The smallest absolute Gasteiger partial charge is 0.164 e. The van der Waals surface area contributed by atoms with Crippen LogP contribution in [0.1, 0.15) is 0 Å². The number of aromatic nitrogens is 5. The molecular weight excluding hydrogens is 635 g/mol. The van der Waals surface area contributed by atoms with Gasteiger partial charge >= 0.3 is 0 Å². The van der Waals surface area contributed by atoms with Gasteiger partial charge in [0.2, 0.25) is 0 Å². The quantitative estimate of drug-likeness (QED) is 0.176. The molecule has 4 aromatic heterocycles. The van der Waals surface area contributed by atoms with Crippen LogP contribution in [0.4, 0.5) is 0 Å². The van der Waals surface area contributed by atoms with E-state index in [0.29, 0.717) is 17.5 Å². The van der Waals surface area contributed by atoms with Crippen molar-refractivity contribution in [2.75, 3.05) is 0 Å². The lowest BCUT2D eigenvalue weighted by Crippen LogP contribution is -2.00. The molecule has 0 aliphatic heterocycles. The molecule has 52 heavy (non-hydrogen) atoms. The van der Waals surface area contributed by atoms with E-state index >= 15 is 0 Å². The van der Waals surface area contributed by atoms with E-state index in [1.165, 1.54) is 59.9 Å². The molecule has 0 spiro atoms. The Bertz CT molecular complexity index is 3100.